The number of rotatable bonds is 9. The predicted octanol–water partition coefficient (Wildman–Crippen LogP) is 9.05. The number of carbonyl (C=O) groups is 1. The van der Waals surface area contributed by atoms with E-state index in [4.69, 9.17) is 10.1 Å². The molecule has 1 N–H and O–H groups in total. The minimum atomic E-state index is -0.710. The Morgan fingerprint density at radius 3 is 1.89 bits per heavy atom. The number of benzene rings is 6. The molecule has 1 aliphatic rings. The van der Waals surface area contributed by atoms with Gasteiger partial charge in [0.25, 0.3) is 5.91 Å². The van der Waals surface area contributed by atoms with Gasteiger partial charge in [0.1, 0.15) is 23.5 Å². The molecule has 56 heavy (non-hydrogen) atoms. The van der Waals surface area contributed by atoms with Gasteiger partial charge in [-0.25, -0.2) is 14.4 Å². The lowest BCUT2D eigenvalue weighted by Gasteiger charge is -2.37. The van der Waals surface area contributed by atoms with Crippen LogP contribution in [0, 0.1) is 5.82 Å². The largest absolute Gasteiger partial charge is 0.368 e. The van der Waals surface area contributed by atoms with Gasteiger partial charge in [-0.05, 0) is 77.4 Å². The van der Waals surface area contributed by atoms with Crippen LogP contribution in [-0.2, 0) is 5.54 Å². The average Bonchev–Trinajstić information content (AvgIpc) is 3.76. The Morgan fingerprint density at radius 2 is 1.25 bits per heavy atom. The van der Waals surface area contributed by atoms with Crippen LogP contribution in [0.15, 0.2) is 176 Å². The van der Waals surface area contributed by atoms with Gasteiger partial charge in [0.15, 0.2) is 0 Å². The van der Waals surface area contributed by atoms with Gasteiger partial charge in [-0.2, -0.15) is 5.10 Å². The van der Waals surface area contributed by atoms with Gasteiger partial charge < -0.3 is 15.1 Å². The van der Waals surface area contributed by atoms with Gasteiger partial charge in [0.2, 0.25) is 0 Å². The molecule has 0 atom stereocenters. The van der Waals surface area contributed by atoms with Crippen molar-refractivity contribution < 1.29 is 9.18 Å². The molecule has 1 amide bonds. The highest BCUT2D eigenvalue weighted by Crippen LogP contribution is 2.41. The van der Waals surface area contributed by atoms with E-state index < -0.39 is 5.54 Å². The molecular weight excluding hydrogens is 698 g/mol. The Kier molecular flexibility index (Phi) is 9.24. The van der Waals surface area contributed by atoms with Crippen LogP contribution in [0.1, 0.15) is 27.0 Å². The first-order chi connectivity index (χ1) is 27.6. The molecule has 0 bridgehead atoms. The Balaban J connectivity index is 0.996. The van der Waals surface area contributed by atoms with Gasteiger partial charge in [-0.1, -0.05) is 103 Å². The lowest BCUT2D eigenvalue weighted by atomic mass is 9.77. The number of halogens is 1. The number of fused-ring (bicyclic) bond motifs is 1. The van der Waals surface area contributed by atoms with Crippen LogP contribution in [-0.4, -0.2) is 51.8 Å². The molecule has 3 heterocycles. The van der Waals surface area contributed by atoms with Crippen LogP contribution in [0.4, 0.5) is 21.6 Å². The zero-order valence-electron chi connectivity index (χ0n) is 30.5. The third-order valence-corrected chi connectivity index (χ3v) is 10.6. The summed E-state index contributed by atoms with van der Waals surface area (Å²) in [6.07, 6.45) is 3.71. The summed E-state index contributed by atoms with van der Waals surface area (Å²) in [4.78, 5) is 27.0. The maximum absolute atomic E-state index is 13.4. The molecule has 2 aromatic heterocycles. The topological polar surface area (TPSA) is 79.2 Å². The SMILES string of the molecule is O=C(Nc1ccc(F)cc1)c1cccc(N2CCN(c3ncnc4ccc(-c5ccn(C(c6ccccc6)(c6ccccc6)c6ccccc6)n5)cc34)CC2)c1. The van der Waals surface area contributed by atoms with Crippen molar-refractivity contribution in [3.63, 3.8) is 0 Å². The van der Waals surface area contributed by atoms with Crippen molar-refractivity contribution in [3.05, 3.63) is 204 Å². The number of hydrogen-bond acceptors (Lipinski definition) is 6. The van der Waals surface area contributed by atoms with Crippen molar-refractivity contribution in [1.82, 2.24) is 19.7 Å². The molecule has 8 nitrogen and oxygen atoms in total. The summed E-state index contributed by atoms with van der Waals surface area (Å²) in [6.45, 7) is 2.98. The van der Waals surface area contributed by atoms with Crippen LogP contribution in [0.5, 0.6) is 0 Å². The molecule has 274 valence electrons. The van der Waals surface area contributed by atoms with E-state index in [1.165, 1.54) is 12.1 Å². The van der Waals surface area contributed by atoms with Crippen LogP contribution in [0.25, 0.3) is 22.2 Å². The average molecular weight is 736 g/mol. The van der Waals surface area contributed by atoms with Gasteiger partial charge in [-0.3, -0.25) is 9.48 Å². The maximum Gasteiger partial charge on any atom is 0.255 e. The third kappa shape index (κ3) is 6.53. The summed E-state index contributed by atoms with van der Waals surface area (Å²) in [5.41, 5.74) is 7.38. The highest BCUT2D eigenvalue weighted by Gasteiger charge is 2.39. The Hall–Kier alpha value is -7.13. The fourth-order valence-electron chi connectivity index (χ4n) is 7.81. The quantitative estimate of drug-likeness (QED) is 0.149. The number of nitrogens with zero attached hydrogens (tertiary/aromatic N) is 6. The molecule has 0 radical (unpaired) electrons. The molecule has 8 aromatic rings. The van der Waals surface area contributed by atoms with Crippen molar-refractivity contribution in [3.8, 4) is 11.3 Å². The van der Waals surface area contributed by atoms with Crippen LogP contribution < -0.4 is 15.1 Å². The van der Waals surface area contributed by atoms with Crippen molar-refractivity contribution in [2.75, 3.05) is 41.3 Å². The van der Waals surface area contributed by atoms with Gasteiger partial charge in [-0.15, -0.1) is 0 Å². The second kappa shape index (κ2) is 14.9. The zero-order chi connectivity index (χ0) is 37.9. The Morgan fingerprint density at radius 1 is 0.625 bits per heavy atom. The summed E-state index contributed by atoms with van der Waals surface area (Å²) >= 11 is 0. The molecule has 0 spiro atoms. The molecule has 1 saturated heterocycles. The van der Waals surface area contributed by atoms with Crippen LogP contribution >= 0.6 is 0 Å². The van der Waals surface area contributed by atoms with E-state index >= 15 is 0 Å². The van der Waals surface area contributed by atoms with Gasteiger partial charge >= 0.3 is 0 Å². The number of piperazine rings is 1. The van der Waals surface area contributed by atoms with E-state index in [-0.39, 0.29) is 11.7 Å². The highest BCUT2D eigenvalue weighted by molar-refractivity contribution is 6.04. The van der Waals surface area contributed by atoms with Crippen LogP contribution in [0.2, 0.25) is 0 Å². The first-order valence-corrected chi connectivity index (χ1v) is 18.7. The number of nitrogens with one attached hydrogen (secondary N) is 1. The van der Waals surface area contributed by atoms with Crippen molar-refractivity contribution in [2.45, 2.75) is 5.54 Å². The minimum Gasteiger partial charge on any atom is -0.368 e. The number of aromatic nitrogens is 4. The molecule has 9 heteroatoms. The molecule has 6 aromatic carbocycles. The lowest BCUT2D eigenvalue weighted by Crippen LogP contribution is -2.47. The molecule has 0 unspecified atom stereocenters. The molecule has 9 rings (SSSR count). The summed E-state index contributed by atoms with van der Waals surface area (Å²) in [7, 11) is 0. The van der Waals surface area contributed by atoms with E-state index in [2.05, 4.69) is 122 Å². The number of carbonyl (C=O) groups excluding carboxylic acids is 1. The Bertz CT molecular complexity index is 2510. The first kappa shape index (κ1) is 34.6. The molecule has 1 aliphatic heterocycles. The fraction of sp³-hybridized carbons (Fsp3) is 0.106. The van der Waals surface area contributed by atoms with E-state index in [0.717, 1.165) is 76.5 Å². The van der Waals surface area contributed by atoms with E-state index in [9.17, 15) is 9.18 Å². The fourth-order valence-corrected chi connectivity index (χ4v) is 7.81. The molecular formula is C47H38FN7O. The smallest absolute Gasteiger partial charge is 0.255 e. The van der Waals surface area contributed by atoms with E-state index in [1.807, 2.05) is 42.5 Å². The summed E-state index contributed by atoms with van der Waals surface area (Å²) in [5.74, 6) is 0.298. The third-order valence-electron chi connectivity index (χ3n) is 10.6. The second-order valence-electron chi connectivity index (χ2n) is 13.9. The number of anilines is 3. The van der Waals surface area contributed by atoms with Gasteiger partial charge in [0.05, 0.1) is 11.2 Å². The van der Waals surface area contributed by atoms with Crippen molar-refractivity contribution >= 4 is 34.0 Å². The van der Waals surface area contributed by atoms with Crippen molar-refractivity contribution in [1.29, 1.82) is 0 Å². The molecule has 0 aliphatic carbocycles. The lowest BCUT2D eigenvalue weighted by molar-refractivity contribution is 0.102. The normalized spacial score (nSPS) is 13.2. The van der Waals surface area contributed by atoms with Gasteiger partial charge in [0, 0.05) is 60.3 Å². The molecule has 1 fully saturated rings. The Labute approximate surface area is 324 Å². The number of amides is 1. The summed E-state index contributed by atoms with van der Waals surface area (Å²) < 4.78 is 15.5. The predicted molar refractivity (Wildman–Crippen MR) is 221 cm³/mol. The summed E-state index contributed by atoms with van der Waals surface area (Å²) in [6, 6.07) is 53.4. The van der Waals surface area contributed by atoms with E-state index in [0.29, 0.717) is 11.3 Å². The summed E-state index contributed by atoms with van der Waals surface area (Å²) in [5, 5.41) is 9.15. The van der Waals surface area contributed by atoms with Crippen molar-refractivity contribution in [2.24, 2.45) is 0 Å². The van der Waals surface area contributed by atoms with Crippen LogP contribution in [0.3, 0.4) is 0 Å². The first-order valence-electron chi connectivity index (χ1n) is 18.7. The zero-order valence-corrected chi connectivity index (χ0v) is 30.5. The minimum absolute atomic E-state index is 0.240. The number of hydrogen-bond donors (Lipinski definition) is 1. The van der Waals surface area contributed by atoms with E-state index in [1.54, 1.807) is 24.5 Å². The second-order valence-corrected chi connectivity index (χ2v) is 13.9. The standard InChI is InChI=1S/C47H38FN7O/c48-39-20-22-40(23-21-39)51-46(56)35-11-10-18-41(31-35)53-27-29-54(30-28-53)45-42-32-34(19-24-44(42)49-33-50-45)43-25-26-55(52-43)47(36-12-4-1-5-13-36,37-14-6-2-7-15-37)38-16-8-3-9-17-38/h1-26,31-33H,27-30H2,(H,51,56). The maximum atomic E-state index is 13.4. The highest BCUT2D eigenvalue weighted by atomic mass is 19.1. The molecule has 0 saturated carbocycles. The monoisotopic (exact) mass is 735 g/mol.